The van der Waals surface area contributed by atoms with Gasteiger partial charge in [0.25, 0.3) is 0 Å². The SMILES string of the molecule is COCCN(CCC(=O)OC)C(=O)C1CCSC1. The number of thioether (sulfide) groups is 1. The van der Waals surface area contributed by atoms with Crippen molar-refractivity contribution in [2.24, 2.45) is 5.92 Å². The second-order valence-electron chi connectivity index (χ2n) is 4.20. The van der Waals surface area contributed by atoms with E-state index in [4.69, 9.17) is 4.74 Å². The molecule has 6 heteroatoms. The van der Waals surface area contributed by atoms with Crippen LogP contribution in [0.15, 0.2) is 0 Å². The van der Waals surface area contributed by atoms with Crippen LogP contribution in [0.3, 0.4) is 0 Å². The molecule has 0 spiro atoms. The van der Waals surface area contributed by atoms with E-state index in [1.165, 1.54) is 7.11 Å². The number of amides is 1. The first kappa shape index (κ1) is 15.3. The maximum atomic E-state index is 12.3. The minimum Gasteiger partial charge on any atom is -0.469 e. The molecule has 1 unspecified atom stereocenters. The highest BCUT2D eigenvalue weighted by atomic mass is 32.2. The Morgan fingerprint density at radius 1 is 1.33 bits per heavy atom. The largest absolute Gasteiger partial charge is 0.469 e. The molecule has 0 N–H and O–H groups in total. The van der Waals surface area contributed by atoms with Crippen LogP contribution in [-0.2, 0) is 19.1 Å². The van der Waals surface area contributed by atoms with Gasteiger partial charge in [-0.05, 0) is 12.2 Å². The van der Waals surface area contributed by atoms with Crippen molar-refractivity contribution in [2.75, 3.05) is 45.4 Å². The van der Waals surface area contributed by atoms with E-state index in [2.05, 4.69) is 4.74 Å². The van der Waals surface area contributed by atoms with Crippen molar-refractivity contribution < 1.29 is 19.1 Å². The molecule has 1 saturated heterocycles. The Morgan fingerprint density at radius 2 is 2.11 bits per heavy atom. The van der Waals surface area contributed by atoms with E-state index in [-0.39, 0.29) is 24.2 Å². The molecule has 0 saturated carbocycles. The zero-order valence-corrected chi connectivity index (χ0v) is 11.8. The van der Waals surface area contributed by atoms with Crippen molar-refractivity contribution in [3.8, 4) is 0 Å². The van der Waals surface area contributed by atoms with E-state index in [0.717, 1.165) is 17.9 Å². The van der Waals surface area contributed by atoms with Crippen LogP contribution < -0.4 is 0 Å². The molecule has 1 amide bonds. The first-order valence-electron chi connectivity index (χ1n) is 6.11. The molecule has 1 heterocycles. The second-order valence-corrected chi connectivity index (χ2v) is 5.35. The van der Waals surface area contributed by atoms with E-state index < -0.39 is 0 Å². The molecule has 104 valence electrons. The van der Waals surface area contributed by atoms with Crippen molar-refractivity contribution in [3.05, 3.63) is 0 Å². The van der Waals surface area contributed by atoms with Gasteiger partial charge in [0, 0.05) is 31.9 Å². The Kier molecular flexibility index (Phi) is 7.12. The molecule has 5 nitrogen and oxygen atoms in total. The lowest BCUT2D eigenvalue weighted by Crippen LogP contribution is -2.39. The lowest BCUT2D eigenvalue weighted by Gasteiger charge is -2.24. The van der Waals surface area contributed by atoms with Gasteiger partial charge in [0.15, 0.2) is 0 Å². The quantitative estimate of drug-likeness (QED) is 0.643. The van der Waals surface area contributed by atoms with Crippen molar-refractivity contribution in [3.63, 3.8) is 0 Å². The number of carbonyl (C=O) groups is 2. The smallest absolute Gasteiger partial charge is 0.307 e. The number of rotatable bonds is 7. The molecular formula is C12H21NO4S. The van der Waals surface area contributed by atoms with Crippen LogP contribution in [0.5, 0.6) is 0 Å². The first-order chi connectivity index (χ1) is 8.69. The second kappa shape index (κ2) is 8.37. The normalized spacial score (nSPS) is 18.7. The zero-order chi connectivity index (χ0) is 13.4. The molecule has 1 aliphatic rings. The summed E-state index contributed by atoms with van der Waals surface area (Å²) in [5.74, 6) is 1.89. The summed E-state index contributed by atoms with van der Waals surface area (Å²) in [6.07, 6.45) is 1.18. The van der Waals surface area contributed by atoms with E-state index in [1.807, 2.05) is 11.8 Å². The molecule has 1 aliphatic heterocycles. The van der Waals surface area contributed by atoms with Crippen LogP contribution in [0.25, 0.3) is 0 Å². The summed E-state index contributed by atoms with van der Waals surface area (Å²) >= 11 is 1.81. The highest BCUT2D eigenvalue weighted by molar-refractivity contribution is 7.99. The third-order valence-corrected chi connectivity index (χ3v) is 4.13. The van der Waals surface area contributed by atoms with Crippen LogP contribution in [0.2, 0.25) is 0 Å². The number of hydrogen-bond donors (Lipinski definition) is 0. The minimum absolute atomic E-state index is 0.101. The summed E-state index contributed by atoms with van der Waals surface area (Å²) in [6.45, 7) is 1.44. The van der Waals surface area contributed by atoms with Crippen LogP contribution in [-0.4, -0.2) is 62.2 Å². The van der Waals surface area contributed by atoms with Gasteiger partial charge in [0.05, 0.1) is 20.1 Å². The molecule has 0 aromatic heterocycles. The van der Waals surface area contributed by atoms with Crippen LogP contribution in [0.4, 0.5) is 0 Å². The van der Waals surface area contributed by atoms with Crippen LogP contribution >= 0.6 is 11.8 Å². The summed E-state index contributed by atoms with van der Waals surface area (Å²) < 4.78 is 9.60. The van der Waals surface area contributed by atoms with E-state index in [0.29, 0.717) is 19.7 Å². The highest BCUT2D eigenvalue weighted by Crippen LogP contribution is 2.25. The number of nitrogens with zero attached hydrogens (tertiary/aromatic N) is 1. The lowest BCUT2D eigenvalue weighted by molar-refractivity contribution is -0.142. The standard InChI is InChI=1S/C12H21NO4S/c1-16-7-6-13(5-3-11(14)17-2)12(15)10-4-8-18-9-10/h10H,3-9H2,1-2H3. The Balaban J connectivity index is 2.47. The van der Waals surface area contributed by atoms with Crippen molar-refractivity contribution in [1.29, 1.82) is 0 Å². The average Bonchev–Trinajstić information content (AvgIpc) is 2.91. The molecule has 0 bridgehead atoms. The summed E-state index contributed by atoms with van der Waals surface area (Å²) in [6, 6.07) is 0. The predicted molar refractivity (Wildman–Crippen MR) is 70.5 cm³/mol. The first-order valence-corrected chi connectivity index (χ1v) is 7.26. The maximum Gasteiger partial charge on any atom is 0.307 e. The molecule has 0 aromatic rings. The number of hydrogen-bond acceptors (Lipinski definition) is 5. The molecule has 1 rings (SSSR count). The van der Waals surface area contributed by atoms with Gasteiger partial charge in [-0.15, -0.1) is 0 Å². The average molecular weight is 275 g/mol. The van der Waals surface area contributed by atoms with Gasteiger partial charge in [-0.3, -0.25) is 9.59 Å². The molecular weight excluding hydrogens is 254 g/mol. The molecule has 1 atom stereocenters. The van der Waals surface area contributed by atoms with Gasteiger partial charge in [-0.1, -0.05) is 0 Å². The number of esters is 1. The fourth-order valence-electron chi connectivity index (χ4n) is 1.85. The topological polar surface area (TPSA) is 55.8 Å². The minimum atomic E-state index is -0.286. The van der Waals surface area contributed by atoms with Crippen LogP contribution in [0.1, 0.15) is 12.8 Å². The Labute approximate surface area is 112 Å². The summed E-state index contributed by atoms with van der Waals surface area (Å²) in [4.78, 5) is 25.1. The summed E-state index contributed by atoms with van der Waals surface area (Å²) in [5, 5.41) is 0. The Morgan fingerprint density at radius 3 is 2.67 bits per heavy atom. The van der Waals surface area contributed by atoms with Gasteiger partial charge >= 0.3 is 5.97 Å². The number of carbonyl (C=O) groups excluding carboxylic acids is 2. The summed E-state index contributed by atoms with van der Waals surface area (Å²) in [7, 11) is 2.96. The third kappa shape index (κ3) is 4.86. The van der Waals surface area contributed by atoms with Crippen molar-refractivity contribution in [1.82, 2.24) is 4.90 Å². The van der Waals surface area contributed by atoms with Gasteiger partial charge < -0.3 is 14.4 Å². The van der Waals surface area contributed by atoms with Gasteiger partial charge in [0.2, 0.25) is 5.91 Å². The van der Waals surface area contributed by atoms with Crippen molar-refractivity contribution in [2.45, 2.75) is 12.8 Å². The van der Waals surface area contributed by atoms with E-state index in [9.17, 15) is 9.59 Å². The Bertz CT molecular complexity index is 279. The monoisotopic (exact) mass is 275 g/mol. The Hall–Kier alpha value is -0.750. The lowest BCUT2D eigenvalue weighted by atomic mass is 10.1. The van der Waals surface area contributed by atoms with Crippen molar-refractivity contribution >= 4 is 23.6 Å². The van der Waals surface area contributed by atoms with Gasteiger partial charge in [-0.25, -0.2) is 0 Å². The van der Waals surface area contributed by atoms with E-state index >= 15 is 0 Å². The number of ether oxygens (including phenoxy) is 2. The summed E-state index contributed by atoms with van der Waals surface area (Å²) in [5.41, 5.74) is 0. The van der Waals surface area contributed by atoms with E-state index in [1.54, 1.807) is 12.0 Å². The van der Waals surface area contributed by atoms with Gasteiger partial charge in [-0.2, -0.15) is 11.8 Å². The zero-order valence-electron chi connectivity index (χ0n) is 11.0. The third-order valence-electron chi connectivity index (χ3n) is 2.97. The molecule has 0 radical (unpaired) electrons. The molecule has 0 aliphatic carbocycles. The fourth-order valence-corrected chi connectivity index (χ4v) is 3.06. The van der Waals surface area contributed by atoms with Gasteiger partial charge in [0.1, 0.15) is 0 Å². The fraction of sp³-hybridized carbons (Fsp3) is 0.833. The number of methoxy groups -OCH3 is 2. The molecule has 1 fully saturated rings. The van der Waals surface area contributed by atoms with Crippen LogP contribution in [0, 0.1) is 5.92 Å². The highest BCUT2D eigenvalue weighted by Gasteiger charge is 2.27. The molecule has 18 heavy (non-hydrogen) atoms. The maximum absolute atomic E-state index is 12.3. The predicted octanol–water partition coefficient (Wildman–Crippen LogP) is 0.778. The molecule has 0 aromatic carbocycles.